The lowest BCUT2D eigenvalue weighted by Crippen LogP contribution is -2.32. The number of hydrogen-bond acceptors (Lipinski definition) is 5. The summed E-state index contributed by atoms with van der Waals surface area (Å²) in [5.41, 5.74) is 0. The van der Waals surface area contributed by atoms with Crippen LogP contribution in [0.1, 0.15) is 49.8 Å². The highest BCUT2D eigenvalue weighted by molar-refractivity contribution is 5.71. The molecule has 2 fully saturated rings. The van der Waals surface area contributed by atoms with Crippen LogP contribution in [-0.2, 0) is 4.74 Å². The second-order valence-electron chi connectivity index (χ2n) is 4.90. The molecule has 0 spiro atoms. The molecule has 2 heterocycles. The molecule has 3 rings (SSSR count). The zero-order valence-corrected chi connectivity index (χ0v) is 10.7. The minimum atomic E-state index is -2.75. The number of aromatic nitrogens is 2. The van der Waals surface area contributed by atoms with Crippen molar-refractivity contribution >= 4 is 6.09 Å². The third-order valence-corrected chi connectivity index (χ3v) is 3.63. The van der Waals surface area contributed by atoms with E-state index in [0.29, 0.717) is 19.6 Å². The van der Waals surface area contributed by atoms with Gasteiger partial charge in [-0.1, -0.05) is 6.42 Å². The van der Waals surface area contributed by atoms with Gasteiger partial charge in [0.2, 0.25) is 5.89 Å². The second-order valence-corrected chi connectivity index (χ2v) is 4.90. The number of cyclic esters (lactones) is 1. The maximum Gasteiger partial charge on any atom is 0.410 e. The van der Waals surface area contributed by atoms with Crippen LogP contribution in [0.3, 0.4) is 0 Å². The summed E-state index contributed by atoms with van der Waals surface area (Å²) in [5, 5.41) is 7.04. The first kappa shape index (κ1) is 13.3. The predicted molar refractivity (Wildman–Crippen MR) is 61.8 cm³/mol. The molecular formula is C12H14F2N3O3. The number of carbonyl (C=O) groups is 1. The first-order valence-corrected chi connectivity index (χ1v) is 6.55. The molecule has 0 N–H and O–H groups in total. The minimum Gasteiger partial charge on any atom is -0.448 e. The molecule has 1 aliphatic carbocycles. The Morgan fingerprint density at radius 2 is 2.20 bits per heavy atom. The van der Waals surface area contributed by atoms with Crippen molar-refractivity contribution < 1.29 is 22.7 Å². The van der Waals surface area contributed by atoms with Gasteiger partial charge in [-0.05, 0) is 19.3 Å². The maximum absolute atomic E-state index is 12.5. The molecule has 20 heavy (non-hydrogen) atoms. The Hall–Kier alpha value is -1.73. The summed E-state index contributed by atoms with van der Waals surface area (Å²) in [7, 11) is 0. The second kappa shape index (κ2) is 5.34. The number of alkyl halides is 2. The van der Waals surface area contributed by atoms with E-state index < -0.39 is 12.3 Å². The topological polar surface area (TPSA) is 68.5 Å². The van der Waals surface area contributed by atoms with Crippen molar-refractivity contribution in [3.63, 3.8) is 0 Å². The maximum atomic E-state index is 12.5. The fourth-order valence-corrected chi connectivity index (χ4v) is 2.68. The number of hydrogen-bond donors (Lipinski definition) is 0. The largest absolute Gasteiger partial charge is 0.448 e. The molecule has 0 aromatic carbocycles. The normalized spacial score (nSPS) is 24.4. The van der Waals surface area contributed by atoms with Gasteiger partial charge in [0.1, 0.15) is 6.61 Å². The van der Waals surface area contributed by atoms with Crippen molar-refractivity contribution in [2.24, 2.45) is 0 Å². The first-order chi connectivity index (χ1) is 9.65. The van der Waals surface area contributed by atoms with E-state index in [9.17, 15) is 13.6 Å². The molecule has 1 amide bonds. The molecule has 1 saturated carbocycles. The van der Waals surface area contributed by atoms with Gasteiger partial charge in [-0.15, -0.1) is 10.2 Å². The van der Waals surface area contributed by atoms with Crippen LogP contribution < -0.4 is 0 Å². The zero-order chi connectivity index (χ0) is 14.1. The van der Waals surface area contributed by atoms with E-state index in [-0.39, 0.29) is 17.9 Å². The third kappa shape index (κ3) is 2.46. The summed E-state index contributed by atoms with van der Waals surface area (Å²) in [6, 6.07) is 0.959. The lowest BCUT2D eigenvalue weighted by molar-refractivity contribution is 0.111. The van der Waals surface area contributed by atoms with Gasteiger partial charge >= 0.3 is 12.5 Å². The quantitative estimate of drug-likeness (QED) is 0.854. The van der Waals surface area contributed by atoms with Gasteiger partial charge in [-0.3, -0.25) is 4.90 Å². The summed E-state index contributed by atoms with van der Waals surface area (Å²) >= 11 is 0. The van der Waals surface area contributed by atoms with Crippen LogP contribution in [-0.4, -0.2) is 34.3 Å². The van der Waals surface area contributed by atoms with Crippen LogP contribution in [0.5, 0.6) is 0 Å². The Kier molecular flexibility index (Phi) is 3.54. The predicted octanol–water partition coefficient (Wildman–Crippen LogP) is 2.65. The molecule has 0 bridgehead atoms. The molecule has 8 heteroatoms. The Bertz CT molecular complexity index is 494. The van der Waals surface area contributed by atoms with E-state index in [4.69, 9.17) is 9.15 Å². The van der Waals surface area contributed by atoms with E-state index in [1.54, 1.807) is 4.90 Å². The van der Waals surface area contributed by atoms with Crippen LogP contribution >= 0.6 is 0 Å². The van der Waals surface area contributed by atoms with Crippen LogP contribution in [0, 0.1) is 6.04 Å². The SMILES string of the molecule is O=C1OCCN1[C]1CCCC(c2nnc(C(F)F)o2)C1. The van der Waals surface area contributed by atoms with Crippen molar-refractivity contribution in [3.8, 4) is 0 Å². The van der Waals surface area contributed by atoms with Crippen molar-refractivity contribution in [1.82, 2.24) is 15.1 Å². The molecule has 1 aromatic heterocycles. The van der Waals surface area contributed by atoms with Gasteiger partial charge in [0.15, 0.2) is 0 Å². The molecule has 1 aromatic rings. The summed E-state index contributed by atoms with van der Waals surface area (Å²) in [5.74, 6) is -0.523. The summed E-state index contributed by atoms with van der Waals surface area (Å²) in [6.45, 7) is 0.941. The van der Waals surface area contributed by atoms with E-state index in [2.05, 4.69) is 10.2 Å². The van der Waals surface area contributed by atoms with Gasteiger partial charge in [-0.25, -0.2) is 4.79 Å². The van der Waals surface area contributed by atoms with Crippen molar-refractivity contribution in [3.05, 3.63) is 17.8 Å². The van der Waals surface area contributed by atoms with E-state index >= 15 is 0 Å². The van der Waals surface area contributed by atoms with Crippen LogP contribution in [0.15, 0.2) is 4.42 Å². The van der Waals surface area contributed by atoms with E-state index in [0.717, 1.165) is 25.3 Å². The van der Waals surface area contributed by atoms with E-state index in [1.165, 1.54) is 0 Å². The van der Waals surface area contributed by atoms with Gasteiger partial charge < -0.3 is 9.15 Å². The van der Waals surface area contributed by atoms with Crippen molar-refractivity contribution in [2.45, 2.75) is 38.0 Å². The smallest absolute Gasteiger partial charge is 0.410 e. The number of nitrogens with zero attached hydrogens (tertiary/aromatic N) is 3. The lowest BCUT2D eigenvalue weighted by atomic mass is 9.85. The highest BCUT2D eigenvalue weighted by atomic mass is 19.3. The average Bonchev–Trinajstić information content (AvgIpc) is 3.07. The Morgan fingerprint density at radius 1 is 1.35 bits per heavy atom. The molecule has 1 aliphatic heterocycles. The average molecular weight is 286 g/mol. The van der Waals surface area contributed by atoms with Gasteiger partial charge in [0.05, 0.1) is 12.6 Å². The molecule has 1 radical (unpaired) electrons. The number of rotatable bonds is 3. The fraction of sp³-hybridized carbons (Fsp3) is 0.667. The molecular weight excluding hydrogens is 272 g/mol. The molecule has 1 unspecified atom stereocenters. The number of halogens is 2. The monoisotopic (exact) mass is 286 g/mol. The highest BCUT2D eigenvalue weighted by Crippen LogP contribution is 2.39. The molecule has 6 nitrogen and oxygen atoms in total. The van der Waals surface area contributed by atoms with Gasteiger partial charge in [-0.2, -0.15) is 8.78 Å². The molecule has 1 atom stereocenters. The Morgan fingerprint density at radius 3 is 2.85 bits per heavy atom. The van der Waals surface area contributed by atoms with Crippen LogP contribution in [0.4, 0.5) is 13.6 Å². The Labute approximate surface area is 114 Å². The number of amides is 1. The first-order valence-electron chi connectivity index (χ1n) is 6.55. The molecule has 109 valence electrons. The van der Waals surface area contributed by atoms with Crippen molar-refractivity contribution in [2.75, 3.05) is 13.2 Å². The fourth-order valence-electron chi connectivity index (χ4n) is 2.68. The van der Waals surface area contributed by atoms with Crippen LogP contribution in [0.2, 0.25) is 0 Å². The van der Waals surface area contributed by atoms with Gasteiger partial charge in [0.25, 0.3) is 5.89 Å². The minimum absolute atomic E-state index is 0.104. The number of carbonyl (C=O) groups excluding carboxylic acids is 1. The standard InChI is InChI=1S/C12H14F2N3O3/c13-9(14)11-16-15-10(20-11)7-2-1-3-8(6-7)17-4-5-19-12(17)18/h7,9H,1-6H2. The summed E-state index contributed by atoms with van der Waals surface area (Å²) in [6.07, 6.45) is -0.0641. The lowest BCUT2D eigenvalue weighted by Gasteiger charge is -2.31. The van der Waals surface area contributed by atoms with E-state index in [1.807, 2.05) is 0 Å². The summed E-state index contributed by atoms with van der Waals surface area (Å²) < 4.78 is 34.8. The van der Waals surface area contributed by atoms with Crippen molar-refractivity contribution in [1.29, 1.82) is 0 Å². The molecule has 1 saturated heterocycles. The third-order valence-electron chi connectivity index (χ3n) is 3.63. The zero-order valence-electron chi connectivity index (χ0n) is 10.7. The highest BCUT2D eigenvalue weighted by Gasteiger charge is 2.36. The summed E-state index contributed by atoms with van der Waals surface area (Å²) in [4.78, 5) is 13.2. The Balaban J connectivity index is 1.69. The van der Waals surface area contributed by atoms with Crippen LogP contribution in [0.25, 0.3) is 0 Å². The van der Waals surface area contributed by atoms with Gasteiger partial charge in [0, 0.05) is 5.92 Å². The number of ether oxygens (including phenoxy) is 1. The molecule has 2 aliphatic rings.